The number of aryl methyl sites for hydroxylation is 1. The highest BCUT2D eigenvalue weighted by Crippen LogP contribution is 2.33. The predicted octanol–water partition coefficient (Wildman–Crippen LogP) is 1.63. The van der Waals surface area contributed by atoms with Crippen molar-refractivity contribution in [2.24, 2.45) is 0 Å². The van der Waals surface area contributed by atoms with E-state index in [9.17, 15) is 16.8 Å². The summed E-state index contributed by atoms with van der Waals surface area (Å²) in [7, 11) is -5.27. The van der Waals surface area contributed by atoms with Crippen molar-refractivity contribution in [1.29, 1.82) is 0 Å². The molecule has 1 aromatic rings. The van der Waals surface area contributed by atoms with E-state index in [1.54, 1.807) is 6.07 Å². The first kappa shape index (κ1) is 15.4. The number of nitrogens with zero attached hydrogens (tertiary/aromatic N) is 1. The van der Waals surface area contributed by atoms with E-state index in [0.29, 0.717) is 6.42 Å². The molecule has 9 heteroatoms. The number of hydrogen-bond acceptors (Lipinski definition) is 5. The van der Waals surface area contributed by atoms with Crippen molar-refractivity contribution in [3.8, 4) is 0 Å². The van der Waals surface area contributed by atoms with E-state index in [1.807, 2.05) is 6.92 Å². The van der Waals surface area contributed by atoms with Crippen molar-refractivity contribution in [1.82, 2.24) is 4.31 Å². The third-order valence-electron chi connectivity index (χ3n) is 3.19. The predicted molar refractivity (Wildman–Crippen MR) is 78.8 cm³/mol. The van der Waals surface area contributed by atoms with E-state index in [2.05, 4.69) is 15.9 Å². The van der Waals surface area contributed by atoms with Crippen molar-refractivity contribution in [3.05, 3.63) is 15.4 Å². The molecule has 0 bridgehead atoms. The van der Waals surface area contributed by atoms with Crippen LogP contribution in [-0.4, -0.2) is 45.7 Å². The van der Waals surface area contributed by atoms with E-state index in [0.717, 1.165) is 20.7 Å². The smallest absolute Gasteiger partial charge is 0.229 e. The standard InChI is InChI=1S/C10H14BrNO4S3/c1-7-5-9(17-10(7)11)19(15,16)12(2)8-3-4-18(13,14)6-8/h5,8H,3-4,6H2,1-2H3. The molecule has 1 atom stereocenters. The highest BCUT2D eigenvalue weighted by atomic mass is 79.9. The third kappa shape index (κ3) is 3.05. The van der Waals surface area contributed by atoms with E-state index in [4.69, 9.17) is 0 Å². The summed E-state index contributed by atoms with van der Waals surface area (Å²) in [6.07, 6.45) is 0.365. The third-order valence-corrected chi connectivity index (χ3v) is 9.44. The van der Waals surface area contributed by atoms with Gasteiger partial charge in [0.25, 0.3) is 10.0 Å². The van der Waals surface area contributed by atoms with Crippen LogP contribution in [0.3, 0.4) is 0 Å². The van der Waals surface area contributed by atoms with Crippen LogP contribution >= 0.6 is 27.3 Å². The van der Waals surface area contributed by atoms with Crippen molar-refractivity contribution in [2.75, 3.05) is 18.6 Å². The lowest BCUT2D eigenvalue weighted by molar-refractivity contribution is 0.395. The van der Waals surface area contributed by atoms with Crippen LogP contribution in [0.15, 0.2) is 14.1 Å². The molecule has 0 saturated carbocycles. The van der Waals surface area contributed by atoms with Gasteiger partial charge in [-0.15, -0.1) is 11.3 Å². The van der Waals surface area contributed by atoms with Crippen LogP contribution in [0.1, 0.15) is 12.0 Å². The van der Waals surface area contributed by atoms with Crippen molar-refractivity contribution in [3.63, 3.8) is 0 Å². The van der Waals surface area contributed by atoms with Crippen LogP contribution in [-0.2, 0) is 19.9 Å². The van der Waals surface area contributed by atoms with Gasteiger partial charge < -0.3 is 0 Å². The Morgan fingerprint density at radius 1 is 1.47 bits per heavy atom. The number of thiophene rings is 1. The lowest BCUT2D eigenvalue weighted by atomic mass is 10.3. The number of sulfone groups is 1. The second-order valence-electron chi connectivity index (χ2n) is 4.60. The van der Waals surface area contributed by atoms with Gasteiger partial charge in [-0.2, -0.15) is 4.31 Å². The zero-order chi connectivity index (χ0) is 14.4. The molecule has 0 N–H and O–H groups in total. The fourth-order valence-electron chi connectivity index (χ4n) is 1.96. The second-order valence-corrected chi connectivity index (χ2v) is 11.4. The summed E-state index contributed by atoms with van der Waals surface area (Å²) in [6, 6.07) is 1.14. The highest BCUT2D eigenvalue weighted by Gasteiger charge is 2.37. The first-order chi connectivity index (χ1) is 8.63. The molecule has 1 aliphatic heterocycles. The average Bonchev–Trinajstić information content (AvgIpc) is 2.82. The summed E-state index contributed by atoms with van der Waals surface area (Å²) in [4.78, 5) is 0. The van der Waals surface area contributed by atoms with Gasteiger partial charge in [0, 0.05) is 13.1 Å². The van der Waals surface area contributed by atoms with Gasteiger partial charge in [-0.1, -0.05) is 0 Å². The minimum atomic E-state index is -3.62. The number of sulfonamides is 1. The van der Waals surface area contributed by atoms with E-state index < -0.39 is 25.9 Å². The van der Waals surface area contributed by atoms with Crippen LogP contribution in [0.4, 0.5) is 0 Å². The van der Waals surface area contributed by atoms with Gasteiger partial charge >= 0.3 is 0 Å². The largest absolute Gasteiger partial charge is 0.252 e. The van der Waals surface area contributed by atoms with Gasteiger partial charge in [0.2, 0.25) is 0 Å². The molecule has 0 radical (unpaired) electrons. The quantitative estimate of drug-likeness (QED) is 0.789. The summed E-state index contributed by atoms with van der Waals surface area (Å²) >= 11 is 4.44. The van der Waals surface area contributed by atoms with E-state index in [-0.39, 0.29) is 15.7 Å². The molecule has 1 unspecified atom stereocenters. The van der Waals surface area contributed by atoms with E-state index in [1.165, 1.54) is 11.4 Å². The Balaban J connectivity index is 2.30. The second kappa shape index (κ2) is 5.10. The van der Waals surface area contributed by atoms with Crippen LogP contribution < -0.4 is 0 Å². The van der Waals surface area contributed by atoms with Gasteiger partial charge in [-0.25, -0.2) is 16.8 Å². The average molecular weight is 388 g/mol. The van der Waals surface area contributed by atoms with Gasteiger partial charge in [0.1, 0.15) is 4.21 Å². The van der Waals surface area contributed by atoms with E-state index >= 15 is 0 Å². The molecular formula is C10H14BrNO4S3. The summed E-state index contributed by atoms with van der Waals surface area (Å²) < 4.78 is 49.9. The molecule has 108 valence electrons. The summed E-state index contributed by atoms with van der Waals surface area (Å²) in [5, 5.41) is 0. The molecular weight excluding hydrogens is 374 g/mol. The Morgan fingerprint density at radius 2 is 2.11 bits per heavy atom. The molecule has 0 aromatic carbocycles. The Morgan fingerprint density at radius 3 is 2.53 bits per heavy atom. The zero-order valence-corrected chi connectivity index (χ0v) is 14.5. The SMILES string of the molecule is Cc1cc(S(=O)(=O)N(C)C2CCS(=O)(=O)C2)sc1Br. The van der Waals surface area contributed by atoms with Crippen molar-refractivity contribution in [2.45, 2.75) is 23.6 Å². The number of rotatable bonds is 3. The number of hydrogen-bond donors (Lipinski definition) is 0. The molecule has 1 saturated heterocycles. The lowest BCUT2D eigenvalue weighted by Crippen LogP contribution is -2.37. The Bertz CT molecular complexity index is 673. The molecule has 1 aromatic heterocycles. The number of halogens is 1. The molecule has 2 heterocycles. The normalized spacial score (nSPS) is 23.1. The summed E-state index contributed by atoms with van der Waals surface area (Å²) in [5.74, 6) is -0.0288. The van der Waals surface area contributed by atoms with Crippen LogP contribution in [0, 0.1) is 6.92 Å². The first-order valence-electron chi connectivity index (χ1n) is 5.58. The summed E-state index contributed by atoms with van der Waals surface area (Å²) in [6.45, 7) is 1.82. The summed E-state index contributed by atoms with van der Waals surface area (Å²) in [5.41, 5.74) is 0.857. The van der Waals surface area contributed by atoms with Gasteiger partial charge in [0.05, 0.1) is 15.3 Å². The topological polar surface area (TPSA) is 71.5 Å². The van der Waals surface area contributed by atoms with Crippen LogP contribution in [0.5, 0.6) is 0 Å². The Labute approximate surface area is 125 Å². The molecule has 0 aliphatic carbocycles. The van der Waals surface area contributed by atoms with Crippen LogP contribution in [0.2, 0.25) is 0 Å². The Hall–Kier alpha value is 0.0400. The van der Waals surface area contributed by atoms with Crippen LogP contribution in [0.25, 0.3) is 0 Å². The maximum Gasteiger partial charge on any atom is 0.252 e. The maximum absolute atomic E-state index is 12.4. The molecule has 1 aliphatic rings. The molecule has 0 amide bonds. The minimum absolute atomic E-state index is 0.0602. The van der Waals surface area contributed by atoms with Gasteiger partial charge in [-0.3, -0.25) is 0 Å². The molecule has 19 heavy (non-hydrogen) atoms. The lowest BCUT2D eigenvalue weighted by Gasteiger charge is -2.21. The zero-order valence-electron chi connectivity index (χ0n) is 10.5. The monoisotopic (exact) mass is 387 g/mol. The maximum atomic E-state index is 12.4. The minimum Gasteiger partial charge on any atom is -0.229 e. The molecule has 0 spiro atoms. The molecule has 5 nitrogen and oxygen atoms in total. The fourth-order valence-corrected chi connectivity index (χ4v) is 7.63. The van der Waals surface area contributed by atoms with Crippen molar-refractivity contribution < 1.29 is 16.8 Å². The molecule has 2 rings (SSSR count). The van der Waals surface area contributed by atoms with Gasteiger partial charge in [-0.05, 0) is 40.9 Å². The Kier molecular flexibility index (Phi) is 4.14. The van der Waals surface area contributed by atoms with Gasteiger partial charge in [0.15, 0.2) is 9.84 Å². The highest BCUT2D eigenvalue weighted by molar-refractivity contribution is 9.11. The molecule has 1 fully saturated rings. The fraction of sp³-hybridized carbons (Fsp3) is 0.600. The first-order valence-corrected chi connectivity index (χ1v) is 10.4. The van der Waals surface area contributed by atoms with Crippen molar-refractivity contribution >= 4 is 47.1 Å².